The molecular formula is C20H22N4O4S. The highest BCUT2D eigenvalue weighted by Gasteiger charge is 2.22. The number of rotatable bonds is 5. The van der Waals surface area contributed by atoms with Gasteiger partial charge in [0.25, 0.3) is 5.56 Å². The van der Waals surface area contributed by atoms with Crippen molar-refractivity contribution in [1.29, 1.82) is 0 Å². The maximum absolute atomic E-state index is 12.5. The third-order valence-corrected chi connectivity index (χ3v) is 5.67. The Morgan fingerprint density at radius 3 is 2.55 bits per heavy atom. The van der Waals surface area contributed by atoms with Crippen LogP contribution in [0.1, 0.15) is 20.8 Å². The number of hydrogen-bond donors (Lipinski definition) is 2. The lowest BCUT2D eigenvalue weighted by Gasteiger charge is -2.20. The molecule has 3 aromatic rings. The Kier molecular flexibility index (Phi) is 5.54. The molecule has 0 aliphatic carbocycles. The SMILES string of the molecule is CC(C)(C)NS(=O)(=O)c1cccc(NC(=O)Cn2cnc3ccccc3c2=O)c1. The van der Waals surface area contributed by atoms with Crippen LogP contribution in [0, 0.1) is 0 Å². The third kappa shape index (κ3) is 5.07. The molecule has 0 radical (unpaired) electrons. The maximum Gasteiger partial charge on any atom is 0.261 e. The van der Waals surface area contributed by atoms with Crippen LogP contribution < -0.4 is 15.6 Å². The fourth-order valence-corrected chi connectivity index (χ4v) is 4.24. The van der Waals surface area contributed by atoms with Crippen molar-refractivity contribution in [2.24, 2.45) is 0 Å². The van der Waals surface area contributed by atoms with Gasteiger partial charge in [0.1, 0.15) is 6.54 Å². The number of anilines is 1. The second-order valence-corrected chi connectivity index (χ2v) is 9.31. The van der Waals surface area contributed by atoms with E-state index in [1.54, 1.807) is 51.1 Å². The van der Waals surface area contributed by atoms with E-state index in [4.69, 9.17) is 0 Å². The van der Waals surface area contributed by atoms with Gasteiger partial charge in [-0.2, -0.15) is 0 Å². The van der Waals surface area contributed by atoms with Gasteiger partial charge in [0.2, 0.25) is 15.9 Å². The van der Waals surface area contributed by atoms with Gasteiger partial charge in [0.15, 0.2) is 0 Å². The molecule has 2 N–H and O–H groups in total. The molecule has 2 aromatic carbocycles. The molecule has 152 valence electrons. The molecule has 1 aromatic heterocycles. The Morgan fingerprint density at radius 2 is 1.83 bits per heavy atom. The number of carbonyl (C=O) groups excluding carboxylic acids is 1. The van der Waals surface area contributed by atoms with E-state index >= 15 is 0 Å². The van der Waals surface area contributed by atoms with Crippen LogP contribution in [0.4, 0.5) is 5.69 Å². The Balaban J connectivity index is 1.78. The quantitative estimate of drug-likeness (QED) is 0.664. The number of benzene rings is 2. The van der Waals surface area contributed by atoms with Gasteiger partial charge in [0.05, 0.1) is 22.1 Å². The lowest BCUT2D eigenvalue weighted by atomic mass is 10.1. The van der Waals surface area contributed by atoms with E-state index in [9.17, 15) is 18.0 Å². The average molecular weight is 414 g/mol. The summed E-state index contributed by atoms with van der Waals surface area (Å²) in [7, 11) is -3.73. The van der Waals surface area contributed by atoms with Crippen LogP contribution in [0.3, 0.4) is 0 Å². The largest absolute Gasteiger partial charge is 0.324 e. The van der Waals surface area contributed by atoms with Crippen LogP contribution in [-0.2, 0) is 21.4 Å². The van der Waals surface area contributed by atoms with Gasteiger partial charge < -0.3 is 5.32 Å². The van der Waals surface area contributed by atoms with Crippen molar-refractivity contribution < 1.29 is 13.2 Å². The van der Waals surface area contributed by atoms with Crippen molar-refractivity contribution >= 4 is 32.5 Å². The number of nitrogens with zero attached hydrogens (tertiary/aromatic N) is 2. The molecule has 0 atom stereocenters. The molecule has 3 rings (SSSR count). The zero-order valence-corrected chi connectivity index (χ0v) is 17.2. The minimum atomic E-state index is -3.73. The van der Waals surface area contributed by atoms with Crippen molar-refractivity contribution in [2.75, 3.05) is 5.32 Å². The topological polar surface area (TPSA) is 110 Å². The fourth-order valence-electron chi connectivity index (χ4n) is 2.78. The molecule has 29 heavy (non-hydrogen) atoms. The van der Waals surface area contributed by atoms with Gasteiger partial charge in [-0.05, 0) is 51.1 Å². The second kappa shape index (κ2) is 7.76. The van der Waals surface area contributed by atoms with Crippen molar-refractivity contribution in [1.82, 2.24) is 14.3 Å². The first-order valence-corrected chi connectivity index (χ1v) is 10.4. The number of carbonyl (C=O) groups is 1. The normalized spacial score (nSPS) is 12.1. The van der Waals surface area contributed by atoms with Crippen molar-refractivity contribution in [3.8, 4) is 0 Å². The molecule has 0 bridgehead atoms. The lowest BCUT2D eigenvalue weighted by Crippen LogP contribution is -2.40. The van der Waals surface area contributed by atoms with E-state index in [-0.39, 0.29) is 17.0 Å². The minimum absolute atomic E-state index is 0.0368. The summed E-state index contributed by atoms with van der Waals surface area (Å²) in [6.07, 6.45) is 1.32. The van der Waals surface area contributed by atoms with E-state index in [0.717, 1.165) is 0 Å². The van der Waals surface area contributed by atoms with Gasteiger partial charge in [-0.25, -0.2) is 18.1 Å². The smallest absolute Gasteiger partial charge is 0.261 e. The predicted octanol–water partition coefficient (Wildman–Crippen LogP) is 2.11. The Hall–Kier alpha value is -3.04. The fraction of sp³-hybridized carbons (Fsp3) is 0.250. The highest BCUT2D eigenvalue weighted by Crippen LogP contribution is 2.17. The summed E-state index contributed by atoms with van der Waals surface area (Å²) in [6, 6.07) is 12.8. The van der Waals surface area contributed by atoms with E-state index in [0.29, 0.717) is 16.6 Å². The molecule has 0 saturated carbocycles. The monoisotopic (exact) mass is 414 g/mol. The lowest BCUT2D eigenvalue weighted by molar-refractivity contribution is -0.116. The summed E-state index contributed by atoms with van der Waals surface area (Å²) in [5, 5.41) is 3.04. The average Bonchev–Trinajstić information content (AvgIpc) is 2.62. The molecular weight excluding hydrogens is 392 g/mol. The van der Waals surface area contributed by atoms with Gasteiger partial charge in [-0.1, -0.05) is 18.2 Å². The van der Waals surface area contributed by atoms with Crippen LogP contribution in [-0.4, -0.2) is 29.4 Å². The first kappa shape index (κ1) is 20.7. The molecule has 0 unspecified atom stereocenters. The zero-order chi connectivity index (χ0) is 21.2. The highest BCUT2D eigenvalue weighted by atomic mass is 32.2. The van der Waals surface area contributed by atoms with Crippen molar-refractivity contribution in [2.45, 2.75) is 37.8 Å². The summed E-state index contributed by atoms with van der Waals surface area (Å²) >= 11 is 0. The number of fused-ring (bicyclic) bond motifs is 1. The van der Waals surface area contributed by atoms with Gasteiger partial charge in [0, 0.05) is 11.2 Å². The Bertz CT molecular complexity index is 1230. The number of para-hydroxylation sites is 1. The number of sulfonamides is 1. The molecule has 0 saturated heterocycles. The number of nitrogens with one attached hydrogen (secondary N) is 2. The van der Waals surface area contributed by atoms with Crippen LogP contribution in [0.5, 0.6) is 0 Å². The van der Waals surface area contributed by atoms with Crippen molar-refractivity contribution in [3.05, 3.63) is 65.2 Å². The summed E-state index contributed by atoms with van der Waals surface area (Å²) in [5.41, 5.74) is -0.0917. The Morgan fingerprint density at radius 1 is 1.10 bits per heavy atom. The molecule has 0 aliphatic rings. The molecule has 1 amide bonds. The highest BCUT2D eigenvalue weighted by molar-refractivity contribution is 7.89. The number of hydrogen-bond acceptors (Lipinski definition) is 5. The molecule has 1 heterocycles. The van der Waals surface area contributed by atoms with Crippen molar-refractivity contribution in [3.63, 3.8) is 0 Å². The number of amides is 1. The maximum atomic E-state index is 12.5. The first-order chi connectivity index (χ1) is 13.5. The minimum Gasteiger partial charge on any atom is -0.324 e. The number of aromatic nitrogens is 2. The van der Waals surface area contributed by atoms with E-state index < -0.39 is 21.5 Å². The van der Waals surface area contributed by atoms with Crippen LogP contribution in [0.2, 0.25) is 0 Å². The molecule has 0 spiro atoms. The van der Waals surface area contributed by atoms with E-state index in [1.165, 1.54) is 29.1 Å². The summed E-state index contributed by atoms with van der Waals surface area (Å²) < 4.78 is 28.7. The third-order valence-electron chi connectivity index (χ3n) is 3.91. The molecule has 9 heteroatoms. The first-order valence-electron chi connectivity index (χ1n) is 8.93. The second-order valence-electron chi connectivity index (χ2n) is 7.63. The summed E-state index contributed by atoms with van der Waals surface area (Å²) in [5.74, 6) is -0.470. The van der Waals surface area contributed by atoms with Gasteiger partial charge in [-0.15, -0.1) is 0 Å². The van der Waals surface area contributed by atoms with Crippen LogP contribution in [0.25, 0.3) is 10.9 Å². The van der Waals surface area contributed by atoms with Gasteiger partial charge >= 0.3 is 0 Å². The summed E-state index contributed by atoms with van der Waals surface area (Å²) in [6.45, 7) is 4.98. The predicted molar refractivity (Wildman–Crippen MR) is 111 cm³/mol. The zero-order valence-electron chi connectivity index (χ0n) is 16.3. The summed E-state index contributed by atoms with van der Waals surface area (Å²) in [4.78, 5) is 29.1. The van der Waals surface area contributed by atoms with E-state index in [1.807, 2.05) is 0 Å². The van der Waals surface area contributed by atoms with Gasteiger partial charge in [-0.3, -0.25) is 14.2 Å². The van der Waals surface area contributed by atoms with Crippen LogP contribution >= 0.6 is 0 Å². The standard InChI is InChI=1S/C20H22N4O4S/c1-20(2,3)23-29(27,28)15-8-6-7-14(11-15)22-18(25)12-24-13-21-17-10-5-4-9-16(17)19(24)26/h4-11,13,23H,12H2,1-3H3,(H,22,25). The molecule has 0 aliphatic heterocycles. The molecule has 8 nitrogen and oxygen atoms in total. The van der Waals surface area contributed by atoms with E-state index in [2.05, 4.69) is 15.0 Å². The Labute approximate surface area is 168 Å². The molecule has 0 fully saturated rings. The van der Waals surface area contributed by atoms with Crippen LogP contribution in [0.15, 0.2) is 64.5 Å².